The Hall–Kier alpha value is -3.22. The van der Waals surface area contributed by atoms with Crippen LogP contribution in [0.25, 0.3) is 5.82 Å². The molecule has 1 aromatic carbocycles. The van der Waals surface area contributed by atoms with Gasteiger partial charge in [0.1, 0.15) is 12.1 Å². The predicted octanol–water partition coefficient (Wildman–Crippen LogP) is 2.62. The van der Waals surface area contributed by atoms with Crippen molar-refractivity contribution >= 4 is 5.91 Å². The minimum Gasteiger partial charge on any atom is -0.497 e. The highest BCUT2D eigenvalue weighted by Gasteiger charge is 2.28. The normalized spacial score (nSPS) is 16.8. The van der Waals surface area contributed by atoms with Crippen molar-refractivity contribution in [1.29, 1.82) is 0 Å². The first kappa shape index (κ1) is 18.2. The molecule has 0 saturated carbocycles. The van der Waals surface area contributed by atoms with Crippen molar-refractivity contribution in [3.05, 3.63) is 66.6 Å². The molecule has 3 aromatic rings. The van der Waals surface area contributed by atoms with Gasteiger partial charge in [-0.2, -0.15) is 0 Å². The zero-order chi connectivity index (χ0) is 19.3. The van der Waals surface area contributed by atoms with Crippen LogP contribution in [0.3, 0.4) is 0 Å². The van der Waals surface area contributed by atoms with Crippen LogP contribution in [0.1, 0.15) is 30.0 Å². The average molecular weight is 377 g/mol. The van der Waals surface area contributed by atoms with Crippen LogP contribution in [-0.2, 0) is 11.2 Å². The van der Waals surface area contributed by atoms with Crippen molar-refractivity contribution in [2.75, 3.05) is 20.2 Å². The van der Waals surface area contributed by atoms with Gasteiger partial charge in [0, 0.05) is 43.8 Å². The number of nitrogens with zero attached hydrogens (tertiary/aromatic N) is 5. The fourth-order valence-electron chi connectivity index (χ4n) is 3.67. The summed E-state index contributed by atoms with van der Waals surface area (Å²) in [7, 11) is 1.64. The molecule has 0 N–H and O–H groups in total. The molecule has 2 aromatic heterocycles. The maximum atomic E-state index is 12.9. The van der Waals surface area contributed by atoms with Crippen LogP contribution in [0.5, 0.6) is 5.75 Å². The number of likely N-dealkylation sites (tertiary alicyclic amines) is 1. The molecule has 3 heterocycles. The van der Waals surface area contributed by atoms with E-state index >= 15 is 0 Å². The average Bonchev–Trinajstić information content (AvgIpc) is 3.29. The summed E-state index contributed by atoms with van der Waals surface area (Å²) in [6.45, 7) is 1.45. The Morgan fingerprint density at radius 3 is 2.75 bits per heavy atom. The van der Waals surface area contributed by atoms with Crippen LogP contribution in [0.4, 0.5) is 0 Å². The van der Waals surface area contributed by atoms with Crippen molar-refractivity contribution in [2.24, 2.45) is 0 Å². The Morgan fingerprint density at radius 1 is 1.18 bits per heavy atom. The highest BCUT2D eigenvalue weighted by molar-refractivity contribution is 5.79. The van der Waals surface area contributed by atoms with E-state index in [-0.39, 0.29) is 11.8 Å². The number of aromatic nitrogens is 4. The number of rotatable bonds is 5. The lowest BCUT2D eigenvalue weighted by atomic mass is 9.93. The number of methoxy groups -OCH3 is 1. The van der Waals surface area contributed by atoms with Crippen molar-refractivity contribution in [3.63, 3.8) is 0 Å². The lowest BCUT2D eigenvalue weighted by Gasteiger charge is -2.33. The van der Waals surface area contributed by atoms with Gasteiger partial charge in [-0.1, -0.05) is 12.1 Å². The molecule has 144 valence electrons. The van der Waals surface area contributed by atoms with Crippen LogP contribution >= 0.6 is 0 Å². The van der Waals surface area contributed by atoms with E-state index in [4.69, 9.17) is 4.74 Å². The first-order valence-corrected chi connectivity index (χ1v) is 9.44. The third-order valence-corrected chi connectivity index (χ3v) is 5.13. The maximum absolute atomic E-state index is 12.9. The third kappa shape index (κ3) is 3.88. The van der Waals surface area contributed by atoms with Crippen molar-refractivity contribution in [1.82, 2.24) is 24.4 Å². The largest absolute Gasteiger partial charge is 0.497 e. The molecule has 0 aliphatic carbocycles. The van der Waals surface area contributed by atoms with Crippen LogP contribution in [0, 0.1) is 0 Å². The van der Waals surface area contributed by atoms with E-state index in [1.165, 1.54) is 0 Å². The summed E-state index contributed by atoms with van der Waals surface area (Å²) in [5.41, 5.74) is 1.91. The van der Waals surface area contributed by atoms with Crippen LogP contribution in [0.15, 0.2) is 55.4 Å². The summed E-state index contributed by atoms with van der Waals surface area (Å²) < 4.78 is 7.06. The highest BCUT2D eigenvalue weighted by atomic mass is 16.5. The first-order valence-electron chi connectivity index (χ1n) is 9.44. The fraction of sp³-hybridized carbons (Fsp3) is 0.333. The summed E-state index contributed by atoms with van der Waals surface area (Å²) in [5.74, 6) is 1.89. The molecule has 28 heavy (non-hydrogen) atoms. The summed E-state index contributed by atoms with van der Waals surface area (Å²) in [5, 5.41) is 0. The lowest BCUT2D eigenvalue weighted by molar-refractivity contribution is -0.131. The van der Waals surface area contributed by atoms with Gasteiger partial charge in [-0.05, 0) is 30.5 Å². The van der Waals surface area contributed by atoms with Crippen LogP contribution in [-0.4, -0.2) is 50.5 Å². The third-order valence-electron chi connectivity index (χ3n) is 5.13. The van der Waals surface area contributed by atoms with E-state index in [2.05, 4.69) is 15.0 Å². The summed E-state index contributed by atoms with van der Waals surface area (Å²) in [6, 6.07) is 7.66. The topological polar surface area (TPSA) is 73.1 Å². The van der Waals surface area contributed by atoms with Crippen molar-refractivity contribution < 1.29 is 9.53 Å². The van der Waals surface area contributed by atoms with E-state index in [0.29, 0.717) is 13.0 Å². The quantitative estimate of drug-likeness (QED) is 0.683. The van der Waals surface area contributed by atoms with Gasteiger partial charge in [0.15, 0.2) is 5.82 Å². The van der Waals surface area contributed by atoms with Gasteiger partial charge in [0.2, 0.25) is 5.91 Å². The Kier molecular flexibility index (Phi) is 5.32. The number of ether oxygens (including phenoxy) is 1. The van der Waals surface area contributed by atoms with Crippen LogP contribution in [0.2, 0.25) is 0 Å². The smallest absolute Gasteiger partial charge is 0.227 e. The standard InChI is InChI=1S/C21H23N5O2/c1-28-18-6-4-16(5-7-18)13-19(27)25-11-2-3-17(14-25)20-21(24-9-8-23-20)26-12-10-22-15-26/h4-10,12,15,17H,2-3,11,13-14H2,1H3. The zero-order valence-electron chi connectivity index (χ0n) is 15.9. The number of amides is 1. The number of carbonyl (C=O) groups excluding carboxylic acids is 1. The minimum atomic E-state index is 0.142. The molecule has 1 aliphatic heterocycles. The van der Waals surface area contributed by atoms with E-state index in [1.54, 1.807) is 32.0 Å². The number of hydrogen-bond acceptors (Lipinski definition) is 5. The molecule has 0 bridgehead atoms. The van der Waals surface area contributed by atoms with Crippen molar-refractivity contribution in [2.45, 2.75) is 25.2 Å². The Morgan fingerprint density at radius 2 is 2.00 bits per heavy atom. The number of hydrogen-bond donors (Lipinski definition) is 0. The molecular weight excluding hydrogens is 354 g/mol. The molecule has 1 aliphatic rings. The second kappa shape index (κ2) is 8.21. The monoisotopic (exact) mass is 377 g/mol. The molecule has 0 radical (unpaired) electrons. The second-order valence-corrected chi connectivity index (χ2v) is 6.94. The molecule has 7 heteroatoms. The lowest BCUT2D eigenvalue weighted by Crippen LogP contribution is -2.40. The Bertz CT molecular complexity index is 924. The SMILES string of the molecule is COc1ccc(CC(=O)N2CCCC(c3nccnc3-n3ccnc3)C2)cc1. The van der Waals surface area contributed by atoms with E-state index < -0.39 is 0 Å². The minimum absolute atomic E-state index is 0.142. The molecule has 0 spiro atoms. The van der Waals surface area contributed by atoms with Gasteiger partial charge in [-0.15, -0.1) is 0 Å². The van der Waals surface area contributed by atoms with Gasteiger partial charge in [0.25, 0.3) is 0 Å². The number of imidazole rings is 1. The molecule has 1 atom stereocenters. The molecule has 1 amide bonds. The molecule has 1 saturated heterocycles. The van der Waals surface area contributed by atoms with Gasteiger partial charge >= 0.3 is 0 Å². The van der Waals surface area contributed by atoms with E-state index in [9.17, 15) is 4.79 Å². The van der Waals surface area contributed by atoms with Gasteiger partial charge < -0.3 is 9.64 Å². The van der Waals surface area contributed by atoms with Crippen molar-refractivity contribution in [3.8, 4) is 11.6 Å². The van der Waals surface area contributed by atoms with Gasteiger partial charge in [-0.3, -0.25) is 14.3 Å². The molecule has 7 nitrogen and oxygen atoms in total. The fourth-order valence-corrected chi connectivity index (χ4v) is 3.67. The molecule has 4 rings (SSSR count). The second-order valence-electron chi connectivity index (χ2n) is 6.94. The molecular formula is C21H23N5O2. The summed E-state index contributed by atoms with van der Waals surface area (Å²) in [6.07, 6.45) is 11.1. The molecule has 1 unspecified atom stereocenters. The maximum Gasteiger partial charge on any atom is 0.227 e. The van der Waals surface area contributed by atoms with Crippen LogP contribution < -0.4 is 4.74 Å². The number of piperidine rings is 1. The van der Waals surface area contributed by atoms with Gasteiger partial charge in [-0.25, -0.2) is 9.97 Å². The highest BCUT2D eigenvalue weighted by Crippen LogP contribution is 2.29. The summed E-state index contributed by atoms with van der Waals surface area (Å²) >= 11 is 0. The summed E-state index contributed by atoms with van der Waals surface area (Å²) in [4.78, 5) is 28.0. The predicted molar refractivity (Wildman–Crippen MR) is 104 cm³/mol. The van der Waals surface area contributed by atoms with Gasteiger partial charge in [0.05, 0.1) is 19.2 Å². The molecule has 1 fully saturated rings. The van der Waals surface area contributed by atoms with E-state index in [1.807, 2.05) is 39.9 Å². The first-order chi connectivity index (χ1) is 13.7. The number of benzene rings is 1. The Labute approximate surface area is 164 Å². The van der Waals surface area contributed by atoms with E-state index in [0.717, 1.165) is 42.2 Å². The Balaban J connectivity index is 1.48. The zero-order valence-corrected chi connectivity index (χ0v) is 15.9. The number of carbonyl (C=O) groups is 1.